The van der Waals surface area contributed by atoms with E-state index in [2.05, 4.69) is 27.5 Å². The molecule has 1 aliphatic rings. The van der Waals surface area contributed by atoms with Crippen molar-refractivity contribution in [2.75, 3.05) is 30.8 Å². The summed E-state index contributed by atoms with van der Waals surface area (Å²) in [4.78, 5) is 8.96. The predicted octanol–water partition coefficient (Wildman–Crippen LogP) is 2.14. The second-order valence-corrected chi connectivity index (χ2v) is 5.26. The SMILES string of the molecule is CCNc1cn2ccnc2c(NCC2(OC)CCC2)n1. The van der Waals surface area contributed by atoms with Crippen LogP contribution < -0.4 is 10.6 Å². The molecule has 2 aromatic rings. The molecule has 0 unspecified atom stereocenters. The Morgan fingerprint density at radius 2 is 2.25 bits per heavy atom. The highest BCUT2D eigenvalue weighted by molar-refractivity contribution is 5.65. The number of imidazole rings is 1. The average molecular weight is 275 g/mol. The van der Waals surface area contributed by atoms with Crippen molar-refractivity contribution in [2.45, 2.75) is 31.8 Å². The third kappa shape index (κ3) is 2.31. The second kappa shape index (κ2) is 5.28. The third-order valence-electron chi connectivity index (χ3n) is 4.01. The molecule has 2 heterocycles. The fourth-order valence-corrected chi connectivity index (χ4v) is 2.59. The number of aromatic nitrogens is 3. The zero-order chi connectivity index (χ0) is 14.0. The Morgan fingerprint density at radius 1 is 1.40 bits per heavy atom. The minimum atomic E-state index is -0.0283. The molecule has 0 bridgehead atoms. The molecule has 1 saturated carbocycles. The molecule has 0 spiro atoms. The quantitative estimate of drug-likeness (QED) is 0.845. The number of anilines is 2. The zero-order valence-corrected chi connectivity index (χ0v) is 12.0. The van der Waals surface area contributed by atoms with Gasteiger partial charge in [-0.2, -0.15) is 0 Å². The summed E-state index contributed by atoms with van der Waals surface area (Å²) in [6, 6.07) is 0. The van der Waals surface area contributed by atoms with Crippen LogP contribution in [0.25, 0.3) is 5.65 Å². The molecule has 0 atom stereocenters. The van der Waals surface area contributed by atoms with Gasteiger partial charge >= 0.3 is 0 Å². The molecule has 0 aromatic carbocycles. The fraction of sp³-hybridized carbons (Fsp3) is 0.571. The van der Waals surface area contributed by atoms with E-state index >= 15 is 0 Å². The smallest absolute Gasteiger partial charge is 0.180 e. The van der Waals surface area contributed by atoms with Gasteiger partial charge in [0.2, 0.25) is 0 Å². The van der Waals surface area contributed by atoms with E-state index in [0.29, 0.717) is 0 Å². The number of ether oxygens (including phenoxy) is 1. The second-order valence-electron chi connectivity index (χ2n) is 5.26. The Morgan fingerprint density at radius 3 is 2.90 bits per heavy atom. The predicted molar refractivity (Wildman–Crippen MR) is 79.2 cm³/mol. The van der Waals surface area contributed by atoms with Crippen LogP contribution in [-0.2, 0) is 4.74 Å². The number of hydrogen-bond acceptors (Lipinski definition) is 5. The summed E-state index contributed by atoms with van der Waals surface area (Å²) in [7, 11) is 1.79. The lowest BCUT2D eigenvalue weighted by molar-refractivity contribution is -0.0601. The minimum Gasteiger partial charge on any atom is -0.376 e. The van der Waals surface area contributed by atoms with Gasteiger partial charge in [-0.3, -0.25) is 0 Å². The maximum Gasteiger partial charge on any atom is 0.180 e. The van der Waals surface area contributed by atoms with Crippen LogP contribution >= 0.6 is 0 Å². The van der Waals surface area contributed by atoms with Crippen molar-refractivity contribution in [3.8, 4) is 0 Å². The molecule has 2 N–H and O–H groups in total. The van der Waals surface area contributed by atoms with E-state index in [9.17, 15) is 0 Å². The molecule has 0 amide bonds. The first-order valence-corrected chi connectivity index (χ1v) is 7.13. The van der Waals surface area contributed by atoms with Crippen molar-refractivity contribution >= 4 is 17.3 Å². The number of hydrogen-bond donors (Lipinski definition) is 2. The summed E-state index contributed by atoms with van der Waals surface area (Å²) in [6.45, 7) is 3.67. The normalized spacial score (nSPS) is 16.9. The Kier molecular flexibility index (Phi) is 3.48. The van der Waals surface area contributed by atoms with Crippen molar-refractivity contribution in [1.29, 1.82) is 0 Å². The van der Waals surface area contributed by atoms with E-state index in [1.54, 1.807) is 13.3 Å². The lowest BCUT2D eigenvalue weighted by Crippen LogP contribution is -2.45. The molecule has 1 fully saturated rings. The third-order valence-corrected chi connectivity index (χ3v) is 4.01. The molecule has 2 aromatic heterocycles. The standard InChI is InChI=1S/C14H21N5O/c1-3-15-11-9-19-8-7-16-13(19)12(18-11)17-10-14(20-2)5-4-6-14/h7-9,15H,3-6,10H2,1-2H3,(H,17,18). The van der Waals surface area contributed by atoms with Gasteiger partial charge in [-0.25, -0.2) is 9.97 Å². The highest BCUT2D eigenvalue weighted by Gasteiger charge is 2.36. The molecular formula is C14H21N5O. The van der Waals surface area contributed by atoms with Crippen molar-refractivity contribution in [3.05, 3.63) is 18.6 Å². The first-order valence-electron chi connectivity index (χ1n) is 7.13. The van der Waals surface area contributed by atoms with Gasteiger partial charge in [0, 0.05) is 32.6 Å². The lowest BCUT2D eigenvalue weighted by atomic mass is 9.80. The van der Waals surface area contributed by atoms with Crippen LogP contribution in [0.15, 0.2) is 18.6 Å². The molecule has 1 aliphatic carbocycles. The lowest BCUT2D eigenvalue weighted by Gasteiger charge is -2.40. The Balaban J connectivity index is 1.83. The molecule has 0 aliphatic heterocycles. The van der Waals surface area contributed by atoms with Gasteiger partial charge < -0.3 is 19.8 Å². The highest BCUT2D eigenvalue weighted by atomic mass is 16.5. The summed E-state index contributed by atoms with van der Waals surface area (Å²) >= 11 is 0. The molecule has 20 heavy (non-hydrogen) atoms. The zero-order valence-electron chi connectivity index (χ0n) is 12.0. The molecule has 3 rings (SSSR count). The highest BCUT2D eigenvalue weighted by Crippen LogP contribution is 2.35. The average Bonchev–Trinajstić information content (AvgIpc) is 2.86. The van der Waals surface area contributed by atoms with Crippen LogP contribution in [0.4, 0.5) is 11.6 Å². The summed E-state index contributed by atoms with van der Waals surface area (Å²) in [5.41, 5.74) is 0.816. The van der Waals surface area contributed by atoms with E-state index in [-0.39, 0.29) is 5.60 Å². The fourth-order valence-electron chi connectivity index (χ4n) is 2.59. The van der Waals surface area contributed by atoms with E-state index in [4.69, 9.17) is 4.74 Å². The first-order chi connectivity index (χ1) is 9.76. The largest absolute Gasteiger partial charge is 0.376 e. The van der Waals surface area contributed by atoms with Crippen LogP contribution in [-0.4, -0.2) is 40.2 Å². The summed E-state index contributed by atoms with van der Waals surface area (Å²) < 4.78 is 7.61. The number of methoxy groups -OCH3 is 1. The minimum absolute atomic E-state index is 0.0283. The van der Waals surface area contributed by atoms with Crippen molar-refractivity contribution in [1.82, 2.24) is 14.4 Å². The molecule has 6 heteroatoms. The maximum absolute atomic E-state index is 5.63. The Bertz CT molecular complexity index is 585. The van der Waals surface area contributed by atoms with E-state index in [0.717, 1.165) is 43.2 Å². The number of nitrogens with one attached hydrogen (secondary N) is 2. The van der Waals surface area contributed by atoms with E-state index < -0.39 is 0 Å². The Hall–Kier alpha value is -1.82. The van der Waals surface area contributed by atoms with Crippen LogP contribution in [0, 0.1) is 0 Å². The van der Waals surface area contributed by atoms with Gasteiger partial charge in [-0.1, -0.05) is 0 Å². The Labute approximate surface area is 118 Å². The van der Waals surface area contributed by atoms with Crippen LogP contribution in [0.5, 0.6) is 0 Å². The molecule has 6 nitrogen and oxygen atoms in total. The molecule has 108 valence electrons. The summed E-state index contributed by atoms with van der Waals surface area (Å²) in [5.74, 6) is 1.65. The first kappa shape index (κ1) is 13.2. The van der Waals surface area contributed by atoms with E-state index in [1.165, 1.54) is 6.42 Å². The topological polar surface area (TPSA) is 63.5 Å². The van der Waals surface area contributed by atoms with Crippen molar-refractivity contribution in [3.63, 3.8) is 0 Å². The monoisotopic (exact) mass is 275 g/mol. The van der Waals surface area contributed by atoms with E-state index in [1.807, 2.05) is 16.8 Å². The number of nitrogens with zero attached hydrogens (tertiary/aromatic N) is 3. The maximum atomic E-state index is 5.63. The van der Waals surface area contributed by atoms with Gasteiger partial charge in [0.1, 0.15) is 5.82 Å². The van der Waals surface area contributed by atoms with Crippen molar-refractivity contribution < 1.29 is 4.74 Å². The van der Waals surface area contributed by atoms with Gasteiger partial charge in [-0.05, 0) is 26.2 Å². The molecular weight excluding hydrogens is 254 g/mol. The van der Waals surface area contributed by atoms with Gasteiger partial charge in [-0.15, -0.1) is 0 Å². The van der Waals surface area contributed by atoms with Crippen molar-refractivity contribution in [2.24, 2.45) is 0 Å². The van der Waals surface area contributed by atoms with Crippen LogP contribution in [0.3, 0.4) is 0 Å². The molecule has 0 saturated heterocycles. The van der Waals surface area contributed by atoms with Crippen LogP contribution in [0.1, 0.15) is 26.2 Å². The number of rotatable bonds is 6. The van der Waals surface area contributed by atoms with Gasteiger partial charge in [0.15, 0.2) is 11.5 Å². The van der Waals surface area contributed by atoms with Crippen LogP contribution in [0.2, 0.25) is 0 Å². The van der Waals surface area contributed by atoms with Gasteiger partial charge in [0.05, 0.1) is 11.8 Å². The summed E-state index contributed by atoms with van der Waals surface area (Å²) in [6.07, 6.45) is 9.11. The number of fused-ring (bicyclic) bond motifs is 1. The summed E-state index contributed by atoms with van der Waals surface area (Å²) in [5, 5.41) is 6.64. The van der Waals surface area contributed by atoms with Gasteiger partial charge in [0.25, 0.3) is 0 Å². The molecule has 0 radical (unpaired) electrons.